The Morgan fingerprint density at radius 1 is 1.22 bits per heavy atom. The highest BCUT2D eigenvalue weighted by Crippen LogP contribution is 2.32. The molecular weight excluding hydrogens is 431 g/mol. The van der Waals surface area contributed by atoms with Crippen molar-refractivity contribution in [2.45, 2.75) is 26.4 Å². The first kappa shape index (κ1) is 21.8. The Balaban J connectivity index is 1.56. The fraction of sp³-hybridized carbons (Fsp3) is 0.217. The summed E-state index contributed by atoms with van der Waals surface area (Å²) in [6.07, 6.45) is 3.26. The van der Waals surface area contributed by atoms with E-state index in [0.717, 1.165) is 17.9 Å². The Labute approximate surface area is 189 Å². The number of nitrogens with one attached hydrogen (secondary N) is 1. The Kier molecular flexibility index (Phi) is 6.36. The number of methoxy groups -OCH3 is 1. The molecule has 2 aromatic rings. The number of amidine groups is 2. The zero-order chi connectivity index (χ0) is 22.7. The highest BCUT2D eigenvalue weighted by atomic mass is 32.2. The van der Waals surface area contributed by atoms with Crippen LogP contribution in [-0.2, 0) is 11.4 Å². The minimum atomic E-state index is -0.486. The molecule has 2 aromatic carbocycles. The van der Waals surface area contributed by atoms with Gasteiger partial charge in [0.2, 0.25) is 5.17 Å². The lowest BCUT2D eigenvalue weighted by Gasteiger charge is -2.20. The molecule has 164 valence electrons. The molecule has 0 spiro atoms. The van der Waals surface area contributed by atoms with Gasteiger partial charge in [-0.1, -0.05) is 31.2 Å². The van der Waals surface area contributed by atoms with Gasteiger partial charge in [-0.2, -0.15) is 15.1 Å². The quantitative estimate of drug-likeness (QED) is 0.608. The first-order valence-electron chi connectivity index (χ1n) is 10.0. The lowest BCUT2D eigenvalue weighted by molar-refractivity contribution is -0.114. The molecule has 0 radical (unpaired) electrons. The van der Waals surface area contributed by atoms with Crippen molar-refractivity contribution in [3.05, 3.63) is 65.0 Å². The minimum absolute atomic E-state index is 0.0163. The van der Waals surface area contributed by atoms with Crippen molar-refractivity contribution < 1.29 is 18.7 Å². The van der Waals surface area contributed by atoms with Crippen molar-refractivity contribution in [3.63, 3.8) is 0 Å². The van der Waals surface area contributed by atoms with E-state index in [4.69, 9.17) is 14.9 Å². The number of carbonyl (C=O) groups is 1. The molecule has 4 rings (SSSR count). The average molecular weight is 453 g/mol. The first-order chi connectivity index (χ1) is 15.5. The Hall–Kier alpha value is -3.46. The average Bonchev–Trinajstić information content (AvgIpc) is 3.19. The number of benzene rings is 2. The van der Waals surface area contributed by atoms with Crippen LogP contribution in [0.2, 0.25) is 0 Å². The molecule has 2 aliphatic rings. The van der Waals surface area contributed by atoms with Crippen molar-refractivity contribution in [2.24, 2.45) is 10.1 Å². The lowest BCUT2D eigenvalue weighted by atomic mass is 10.1. The van der Waals surface area contributed by atoms with E-state index in [1.165, 1.54) is 29.9 Å². The van der Waals surface area contributed by atoms with Crippen LogP contribution < -0.4 is 9.47 Å². The van der Waals surface area contributed by atoms with Gasteiger partial charge in [-0.05, 0) is 54.4 Å². The molecule has 0 fully saturated rings. The summed E-state index contributed by atoms with van der Waals surface area (Å²) < 4.78 is 25.0. The van der Waals surface area contributed by atoms with E-state index in [9.17, 15) is 9.18 Å². The standard InChI is InChI=1S/C23H21FN4O3S/c1-3-6-20-27-28-21(25)16(22(29)26-23(28)32-20)11-14-9-10-18(19(12-14)30-2)31-13-15-7-4-5-8-17(15)24/h4-5,7-12,25H,3,6,13H2,1-2H3. The Morgan fingerprint density at radius 2 is 2.03 bits per heavy atom. The van der Waals surface area contributed by atoms with Gasteiger partial charge in [0.25, 0.3) is 5.91 Å². The van der Waals surface area contributed by atoms with Crippen LogP contribution in [0.15, 0.2) is 58.1 Å². The molecule has 0 bridgehead atoms. The highest BCUT2D eigenvalue weighted by molar-refractivity contribution is 8.26. The smallest absolute Gasteiger partial charge is 0.283 e. The molecule has 2 aliphatic heterocycles. The molecular formula is C23H21FN4O3S. The van der Waals surface area contributed by atoms with Crippen molar-refractivity contribution in [1.82, 2.24) is 5.01 Å². The summed E-state index contributed by atoms with van der Waals surface area (Å²) >= 11 is 1.32. The molecule has 9 heteroatoms. The largest absolute Gasteiger partial charge is 0.493 e. The molecule has 32 heavy (non-hydrogen) atoms. The van der Waals surface area contributed by atoms with Crippen LogP contribution >= 0.6 is 11.8 Å². The van der Waals surface area contributed by atoms with Crippen LogP contribution in [0.25, 0.3) is 6.08 Å². The number of nitrogens with zero attached hydrogens (tertiary/aromatic N) is 3. The number of thioether (sulfide) groups is 1. The van der Waals surface area contributed by atoms with Crippen molar-refractivity contribution in [3.8, 4) is 11.5 Å². The van der Waals surface area contributed by atoms with Crippen LogP contribution in [0, 0.1) is 11.2 Å². The molecule has 0 saturated carbocycles. The van der Waals surface area contributed by atoms with Crippen LogP contribution in [0.1, 0.15) is 30.9 Å². The molecule has 0 saturated heterocycles. The van der Waals surface area contributed by atoms with Crippen LogP contribution in [-0.4, -0.2) is 34.1 Å². The summed E-state index contributed by atoms with van der Waals surface area (Å²) in [4.78, 5) is 16.6. The normalized spacial score (nSPS) is 16.7. The van der Waals surface area contributed by atoms with Crippen LogP contribution in [0.3, 0.4) is 0 Å². The second-order valence-corrected chi connectivity index (χ2v) is 8.09. The summed E-state index contributed by atoms with van der Waals surface area (Å²) in [7, 11) is 1.50. The molecule has 0 aliphatic carbocycles. The number of hydrazone groups is 1. The third-order valence-electron chi connectivity index (χ3n) is 4.80. The van der Waals surface area contributed by atoms with E-state index in [1.54, 1.807) is 42.5 Å². The highest BCUT2D eigenvalue weighted by Gasteiger charge is 2.35. The van der Waals surface area contributed by atoms with Gasteiger partial charge in [0.1, 0.15) is 17.5 Å². The van der Waals surface area contributed by atoms with Crippen LogP contribution in [0.5, 0.6) is 11.5 Å². The maximum Gasteiger partial charge on any atom is 0.283 e. The van der Waals surface area contributed by atoms with Gasteiger partial charge in [0.05, 0.1) is 12.7 Å². The number of fused-ring (bicyclic) bond motifs is 1. The first-order valence-corrected chi connectivity index (χ1v) is 10.8. The molecule has 1 N–H and O–H groups in total. The summed E-state index contributed by atoms with van der Waals surface area (Å²) in [6.45, 7) is 2.09. The van der Waals surface area contributed by atoms with Gasteiger partial charge in [-0.3, -0.25) is 10.2 Å². The second-order valence-electron chi connectivity index (χ2n) is 7.05. The van der Waals surface area contributed by atoms with Crippen LogP contribution in [0.4, 0.5) is 4.39 Å². The number of hydrogen-bond acceptors (Lipinski definition) is 6. The summed E-state index contributed by atoms with van der Waals surface area (Å²) in [5.41, 5.74) is 1.21. The fourth-order valence-corrected chi connectivity index (χ4v) is 4.16. The lowest BCUT2D eigenvalue weighted by Crippen LogP contribution is -2.35. The number of rotatable bonds is 7. The van der Waals surface area contributed by atoms with E-state index in [0.29, 0.717) is 27.8 Å². The molecule has 0 atom stereocenters. The number of ether oxygens (including phenoxy) is 2. The van der Waals surface area contributed by atoms with E-state index in [1.807, 2.05) is 6.92 Å². The second kappa shape index (κ2) is 9.35. The molecule has 1 amide bonds. The van der Waals surface area contributed by atoms with Crippen molar-refractivity contribution >= 4 is 39.8 Å². The van der Waals surface area contributed by atoms with Gasteiger partial charge in [-0.15, -0.1) is 0 Å². The Morgan fingerprint density at radius 3 is 2.78 bits per heavy atom. The zero-order valence-electron chi connectivity index (χ0n) is 17.6. The van der Waals surface area contributed by atoms with Gasteiger partial charge >= 0.3 is 0 Å². The minimum Gasteiger partial charge on any atom is -0.493 e. The summed E-state index contributed by atoms with van der Waals surface area (Å²) in [6, 6.07) is 11.5. The predicted molar refractivity (Wildman–Crippen MR) is 124 cm³/mol. The molecule has 0 aromatic heterocycles. The van der Waals surface area contributed by atoms with E-state index in [2.05, 4.69) is 10.1 Å². The Bertz CT molecular complexity index is 1180. The SMILES string of the molecule is CCCC1=NN2C(=N)C(=Cc3ccc(OCc4ccccc4F)c(OC)c3)C(=O)N=C2S1. The predicted octanol–water partition coefficient (Wildman–Crippen LogP) is 4.83. The monoisotopic (exact) mass is 452 g/mol. The van der Waals surface area contributed by atoms with E-state index >= 15 is 0 Å². The fourth-order valence-electron chi connectivity index (χ4n) is 3.18. The van der Waals surface area contributed by atoms with Gasteiger partial charge in [0.15, 0.2) is 17.3 Å². The molecule has 2 heterocycles. The topological polar surface area (TPSA) is 87.3 Å². The summed E-state index contributed by atoms with van der Waals surface area (Å²) in [5, 5.41) is 15.5. The third kappa shape index (κ3) is 4.43. The maximum absolute atomic E-state index is 13.8. The van der Waals surface area contributed by atoms with Gasteiger partial charge < -0.3 is 9.47 Å². The molecule has 7 nitrogen and oxygen atoms in total. The number of aliphatic imine (C=N–C) groups is 1. The van der Waals surface area contributed by atoms with E-state index in [-0.39, 0.29) is 23.8 Å². The number of hydrogen-bond donors (Lipinski definition) is 1. The van der Waals surface area contributed by atoms with Crippen molar-refractivity contribution in [2.75, 3.05) is 7.11 Å². The van der Waals surface area contributed by atoms with Gasteiger partial charge in [0, 0.05) is 5.56 Å². The zero-order valence-corrected chi connectivity index (χ0v) is 18.4. The summed E-state index contributed by atoms with van der Waals surface area (Å²) in [5.74, 6) is 0.0209. The maximum atomic E-state index is 13.8. The number of amides is 1. The number of halogens is 1. The molecule has 0 unspecified atom stereocenters. The third-order valence-corrected chi connectivity index (χ3v) is 5.77. The van der Waals surface area contributed by atoms with E-state index < -0.39 is 5.91 Å². The number of carbonyl (C=O) groups excluding carboxylic acids is 1. The van der Waals surface area contributed by atoms with Crippen molar-refractivity contribution in [1.29, 1.82) is 5.41 Å². The van der Waals surface area contributed by atoms with Gasteiger partial charge in [-0.25, -0.2) is 4.39 Å².